The molecule has 0 N–H and O–H groups in total. The van der Waals surface area contributed by atoms with Crippen molar-refractivity contribution in [2.45, 2.75) is 31.2 Å². The second-order valence-corrected chi connectivity index (χ2v) is 7.00. The van der Waals surface area contributed by atoms with Crippen LogP contribution in [0.15, 0.2) is 21.5 Å². The van der Waals surface area contributed by atoms with Gasteiger partial charge in [0.05, 0.1) is 6.07 Å². The molecule has 0 amide bonds. The molecule has 0 heterocycles. The summed E-state index contributed by atoms with van der Waals surface area (Å²) >= 11 is 2.87. The normalized spacial score (nSPS) is 11.9. The molecule has 110 valence electrons. The molecule has 1 rings (SSSR count). The average Bonchev–Trinajstić information content (AvgIpc) is 2.26. The fourth-order valence-corrected chi connectivity index (χ4v) is 4.46. The molecule has 0 aliphatic carbocycles. The van der Waals surface area contributed by atoms with Crippen molar-refractivity contribution in [1.29, 1.82) is 5.26 Å². The number of halogens is 3. The maximum atomic E-state index is 13.8. The van der Waals surface area contributed by atoms with Crippen molar-refractivity contribution in [3.8, 4) is 6.07 Å². The summed E-state index contributed by atoms with van der Waals surface area (Å²) in [5.74, 6) is -2.04. The minimum absolute atomic E-state index is 0.0160. The summed E-state index contributed by atoms with van der Waals surface area (Å²) in [6.45, 7) is 3.17. The molecule has 20 heavy (non-hydrogen) atoms. The standard InChI is InChI=1S/C12H13BrF2N2O2S/c1-8(2)17(5-3-4-16)20(18,19)12-10(13)6-9(14)7-11(12)15/h6-8H,3,5H2,1-2H3. The first-order valence-electron chi connectivity index (χ1n) is 5.75. The minimum Gasteiger partial charge on any atom is -0.207 e. The lowest BCUT2D eigenvalue weighted by atomic mass is 10.3. The van der Waals surface area contributed by atoms with Gasteiger partial charge in [-0.15, -0.1) is 0 Å². The van der Waals surface area contributed by atoms with Crippen LogP contribution in [0.1, 0.15) is 20.3 Å². The van der Waals surface area contributed by atoms with E-state index >= 15 is 0 Å². The van der Waals surface area contributed by atoms with Crippen molar-refractivity contribution in [1.82, 2.24) is 4.31 Å². The van der Waals surface area contributed by atoms with E-state index < -0.39 is 32.6 Å². The summed E-state index contributed by atoms with van der Waals surface area (Å²) in [6.07, 6.45) is -0.0160. The zero-order valence-corrected chi connectivity index (χ0v) is 13.3. The predicted molar refractivity (Wildman–Crippen MR) is 73.3 cm³/mol. The molecule has 1 aromatic rings. The van der Waals surface area contributed by atoms with Crippen LogP contribution in [0.4, 0.5) is 8.78 Å². The van der Waals surface area contributed by atoms with Gasteiger partial charge in [-0.25, -0.2) is 17.2 Å². The first-order chi connectivity index (χ1) is 9.21. The molecule has 0 radical (unpaired) electrons. The summed E-state index contributed by atoms with van der Waals surface area (Å²) in [5.41, 5.74) is 0. The van der Waals surface area contributed by atoms with Gasteiger partial charge in [-0.1, -0.05) is 0 Å². The smallest absolute Gasteiger partial charge is 0.207 e. The van der Waals surface area contributed by atoms with Gasteiger partial charge in [-0.3, -0.25) is 0 Å². The predicted octanol–water partition coefficient (Wildman–Crippen LogP) is 3.04. The topological polar surface area (TPSA) is 61.2 Å². The fourth-order valence-electron chi connectivity index (χ4n) is 1.71. The number of benzene rings is 1. The molecular weight excluding hydrogens is 354 g/mol. The van der Waals surface area contributed by atoms with E-state index in [9.17, 15) is 17.2 Å². The van der Waals surface area contributed by atoms with Gasteiger partial charge in [-0.2, -0.15) is 9.57 Å². The van der Waals surface area contributed by atoms with Gasteiger partial charge in [0.25, 0.3) is 0 Å². The Hall–Kier alpha value is -1.04. The van der Waals surface area contributed by atoms with E-state index in [-0.39, 0.29) is 17.4 Å². The lowest BCUT2D eigenvalue weighted by Gasteiger charge is -2.25. The van der Waals surface area contributed by atoms with Crippen molar-refractivity contribution in [2.75, 3.05) is 6.54 Å². The van der Waals surface area contributed by atoms with E-state index in [1.165, 1.54) is 0 Å². The lowest BCUT2D eigenvalue weighted by molar-refractivity contribution is 0.357. The Morgan fingerprint density at radius 3 is 2.45 bits per heavy atom. The Morgan fingerprint density at radius 2 is 2.00 bits per heavy atom. The number of nitrogens with zero attached hydrogens (tertiary/aromatic N) is 2. The molecule has 0 aliphatic rings. The van der Waals surface area contributed by atoms with E-state index in [0.717, 1.165) is 10.4 Å². The molecule has 4 nitrogen and oxygen atoms in total. The third-order valence-corrected chi connectivity index (χ3v) is 5.59. The van der Waals surface area contributed by atoms with Crippen LogP contribution in [-0.4, -0.2) is 25.3 Å². The quantitative estimate of drug-likeness (QED) is 0.804. The molecule has 0 aromatic heterocycles. The van der Waals surface area contributed by atoms with E-state index in [2.05, 4.69) is 15.9 Å². The molecule has 8 heteroatoms. The van der Waals surface area contributed by atoms with Gasteiger partial charge in [0.1, 0.15) is 16.5 Å². The highest BCUT2D eigenvalue weighted by Gasteiger charge is 2.31. The highest BCUT2D eigenvalue weighted by atomic mass is 79.9. The number of nitriles is 1. The molecule has 0 fully saturated rings. The molecule has 0 unspecified atom stereocenters. The summed E-state index contributed by atoms with van der Waals surface area (Å²) in [5, 5.41) is 8.57. The average molecular weight is 367 g/mol. The van der Waals surface area contributed by atoms with Crippen molar-refractivity contribution in [3.05, 3.63) is 28.2 Å². The van der Waals surface area contributed by atoms with Crippen LogP contribution in [0, 0.1) is 23.0 Å². The third-order valence-electron chi connectivity index (χ3n) is 2.55. The van der Waals surface area contributed by atoms with Crippen molar-refractivity contribution < 1.29 is 17.2 Å². The molecule has 0 saturated heterocycles. The molecule has 0 aliphatic heterocycles. The van der Waals surface area contributed by atoms with Crippen LogP contribution < -0.4 is 0 Å². The lowest BCUT2D eigenvalue weighted by Crippen LogP contribution is -2.38. The highest BCUT2D eigenvalue weighted by Crippen LogP contribution is 2.29. The van der Waals surface area contributed by atoms with E-state index in [4.69, 9.17) is 5.26 Å². The van der Waals surface area contributed by atoms with Gasteiger partial charge in [0.15, 0.2) is 0 Å². The molecular formula is C12H13BrF2N2O2S. The van der Waals surface area contributed by atoms with Crippen LogP contribution >= 0.6 is 15.9 Å². The zero-order chi connectivity index (χ0) is 15.5. The number of rotatable bonds is 5. The summed E-state index contributed by atoms with van der Waals surface area (Å²) in [7, 11) is -4.16. The van der Waals surface area contributed by atoms with E-state index in [1.54, 1.807) is 13.8 Å². The maximum Gasteiger partial charge on any atom is 0.247 e. The largest absolute Gasteiger partial charge is 0.247 e. The Balaban J connectivity index is 3.38. The number of hydrogen-bond acceptors (Lipinski definition) is 3. The first kappa shape index (κ1) is 17.0. The van der Waals surface area contributed by atoms with E-state index in [1.807, 2.05) is 6.07 Å². The molecule has 0 atom stereocenters. The van der Waals surface area contributed by atoms with Crippen molar-refractivity contribution >= 4 is 26.0 Å². The Kier molecular flexibility index (Phi) is 5.62. The van der Waals surface area contributed by atoms with E-state index in [0.29, 0.717) is 6.07 Å². The first-order valence-corrected chi connectivity index (χ1v) is 7.98. The zero-order valence-electron chi connectivity index (χ0n) is 10.9. The summed E-state index contributed by atoms with van der Waals surface area (Å²) in [6, 6.07) is 2.79. The monoisotopic (exact) mass is 366 g/mol. The van der Waals surface area contributed by atoms with Gasteiger partial charge < -0.3 is 0 Å². The molecule has 1 aromatic carbocycles. The number of sulfonamides is 1. The number of hydrogen-bond donors (Lipinski definition) is 0. The van der Waals surface area contributed by atoms with Crippen LogP contribution in [0.3, 0.4) is 0 Å². The van der Waals surface area contributed by atoms with Gasteiger partial charge in [0.2, 0.25) is 10.0 Å². The van der Waals surface area contributed by atoms with Crippen LogP contribution in [0.25, 0.3) is 0 Å². The summed E-state index contributed by atoms with van der Waals surface area (Å²) in [4.78, 5) is -0.620. The Labute approximate surface area is 125 Å². The molecule has 0 spiro atoms. The molecule has 0 bridgehead atoms. The van der Waals surface area contributed by atoms with Crippen molar-refractivity contribution in [2.24, 2.45) is 0 Å². The second kappa shape index (κ2) is 6.61. The molecule has 0 saturated carbocycles. The van der Waals surface area contributed by atoms with Gasteiger partial charge >= 0.3 is 0 Å². The maximum absolute atomic E-state index is 13.8. The Bertz CT molecular complexity index is 618. The van der Waals surface area contributed by atoms with Gasteiger partial charge in [0, 0.05) is 29.5 Å². The fraction of sp³-hybridized carbons (Fsp3) is 0.417. The minimum atomic E-state index is -4.16. The summed E-state index contributed by atoms with van der Waals surface area (Å²) < 4.78 is 52.6. The second-order valence-electron chi connectivity index (χ2n) is 4.32. The Morgan fingerprint density at radius 1 is 1.40 bits per heavy atom. The van der Waals surface area contributed by atoms with Crippen LogP contribution in [0.2, 0.25) is 0 Å². The van der Waals surface area contributed by atoms with Gasteiger partial charge in [-0.05, 0) is 35.8 Å². The van der Waals surface area contributed by atoms with Crippen molar-refractivity contribution in [3.63, 3.8) is 0 Å². The SMILES string of the molecule is CC(C)N(CCC#N)S(=O)(=O)c1c(F)cc(F)cc1Br. The third kappa shape index (κ3) is 3.53. The van der Waals surface area contributed by atoms with Crippen LogP contribution in [-0.2, 0) is 10.0 Å². The van der Waals surface area contributed by atoms with Crippen LogP contribution in [0.5, 0.6) is 0 Å². The highest BCUT2D eigenvalue weighted by molar-refractivity contribution is 9.10.